The number of nitrogens with zero attached hydrogens (tertiary/aromatic N) is 1. The summed E-state index contributed by atoms with van der Waals surface area (Å²) in [5.74, 6) is -0.677. The summed E-state index contributed by atoms with van der Waals surface area (Å²) in [6.07, 6.45) is 0.812. The number of ether oxygens (including phenoxy) is 1. The van der Waals surface area contributed by atoms with Gasteiger partial charge in [0, 0.05) is 22.5 Å². The molecule has 1 fully saturated rings. The second kappa shape index (κ2) is 7.39. The third kappa shape index (κ3) is 3.15. The third-order valence-corrected chi connectivity index (χ3v) is 6.87. The monoisotopic (exact) mass is 431 g/mol. The minimum atomic E-state index is -0.677. The van der Waals surface area contributed by atoms with Gasteiger partial charge in [0.25, 0.3) is 11.7 Å². The standard InChI is InChI=1S/C25H21NO4S/c1-14-10-11-31-24(14)21-20(23(28)25(29)26(21)18-6-4-3-5-7-18)22(27)16-8-9-19-17(13-16)12-15(2)30-19/h3-11,13,15,21,27H,12H2,1-2H3/b22-20-. The molecule has 1 N–H and O–H groups in total. The number of rotatable bonds is 3. The first-order valence-corrected chi connectivity index (χ1v) is 11.0. The van der Waals surface area contributed by atoms with Crippen molar-refractivity contribution >= 4 is 34.5 Å². The first-order valence-electron chi connectivity index (χ1n) is 10.2. The number of ketones is 1. The molecule has 6 heteroatoms. The van der Waals surface area contributed by atoms with Crippen LogP contribution >= 0.6 is 11.3 Å². The van der Waals surface area contributed by atoms with E-state index < -0.39 is 17.7 Å². The number of hydrogen-bond acceptors (Lipinski definition) is 5. The van der Waals surface area contributed by atoms with Crippen LogP contribution in [0.25, 0.3) is 5.76 Å². The minimum absolute atomic E-state index is 0.0739. The van der Waals surface area contributed by atoms with Gasteiger partial charge in [-0.25, -0.2) is 0 Å². The number of benzene rings is 2. The molecule has 2 aliphatic rings. The number of para-hydroxylation sites is 1. The van der Waals surface area contributed by atoms with Gasteiger partial charge in [0.15, 0.2) is 0 Å². The van der Waals surface area contributed by atoms with Crippen LogP contribution in [-0.2, 0) is 16.0 Å². The fraction of sp³-hybridized carbons (Fsp3) is 0.200. The van der Waals surface area contributed by atoms with Gasteiger partial charge >= 0.3 is 0 Å². The third-order valence-electron chi connectivity index (χ3n) is 5.80. The van der Waals surface area contributed by atoms with Crippen LogP contribution in [0.5, 0.6) is 5.75 Å². The molecule has 1 amide bonds. The van der Waals surface area contributed by atoms with Crippen molar-refractivity contribution in [3.05, 3.63) is 87.1 Å². The number of aliphatic hydroxyl groups excluding tert-OH is 1. The lowest BCUT2D eigenvalue weighted by atomic mass is 9.97. The van der Waals surface area contributed by atoms with Crippen molar-refractivity contribution < 1.29 is 19.4 Å². The Balaban J connectivity index is 1.69. The average molecular weight is 432 g/mol. The number of hydrogen-bond donors (Lipinski definition) is 1. The SMILES string of the molecule is Cc1ccsc1C1/C(=C(/O)c2ccc3c(c2)CC(C)O3)C(=O)C(=O)N1c1ccccc1. The predicted molar refractivity (Wildman–Crippen MR) is 121 cm³/mol. The Kier molecular flexibility index (Phi) is 4.67. The van der Waals surface area contributed by atoms with Crippen molar-refractivity contribution in [3.8, 4) is 5.75 Å². The molecule has 0 radical (unpaired) electrons. The maximum atomic E-state index is 13.2. The van der Waals surface area contributed by atoms with Gasteiger partial charge in [0.1, 0.15) is 23.7 Å². The topological polar surface area (TPSA) is 66.8 Å². The Morgan fingerprint density at radius 2 is 1.90 bits per heavy atom. The second-order valence-electron chi connectivity index (χ2n) is 7.93. The van der Waals surface area contributed by atoms with Crippen molar-refractivity contribution in [2.45, 2.75) is 32.4 Å². The normalized spacial score (nSPS) is 21.9. The quantitative estimate of drug-likeness (QED) is 0.360. The molecule has 0 saturated carbocycles. The zero-order valence-corrected chi connectivity index (χ0v) is 18.0. The highest BCUT2D eigenvalue weighted by Gasteiger charge is 2.47. The van der Waals surface area contributed by atoms with Crippen molar-refractivity contribution in [3.63, 3.8) is 0 Å². The molecule has 31 heavy (non-hydrogen) atoms. The highest BCUT2D eigenvalue weighted by molar-refractivity contribution is 7.10. The Hall–Kier alpha value is -3.38. The van der Waals surface area contributed by atoms with Gasteiger partial charge in [0.2, 0.25) is 0 Å². The summed E-state index contributed by atoms with van der Waals surface area (Å²) in [6.45, 7) is 3.94. The van der Waals surface area contributed by atoms with Crippen molar-refractivity contribution in [2.24, 2.45) is 0 Å². The van der Waals surface area contributed by atoms with E-state index in [1.807, 2.05) is 55.6 Å². The first kappa shape index (κ1) is 19.6. The number of fused-ring (bicyclic) bond motifs is 1. The molecule has 0 spiro atoms. The predicted octanol–water partition coefficient (Wildman–Crippen LogP) is 5.01. The van der Waals surface area contributed by atoms with E-state index in [1.165, 1.54) is 16.2 Å². The van der Waals surface area contributed by atoms with Gasteiger partial charge in [-0.15, -0.1) is 11.3 Å². The first-order chi connectivity index (χ1) is 15.0. The van der Waals surface area contributed by atoms with E-state index in [0.29, 0.717) is 11.3 Å². The van der Waals surface area contributed by atoms with Gasteiger partial charge in [0.05, 0.1) is 5.57 Å². The summed E-state index contributed by atoms with van der Waals surface area (Å²) in [6, 6.07) is 15.8. The lowest BCUT2D eigenvalue weighted by Gasteiger charge is -2.25. The molecule has 5 rings (SSSR count). The van der Waals surface area contributed by atoms with E-state index in [9.17, 15) is 14.7 Å². The minimum Gasteiger partial charge on any atom is -0.507 e. The molecule has 0 bridgehead atoms. The molecule has 2 unspecified atom stereocenters. The van der Waals surface area contributed by atoms with Crippen molar-refractivity contribution in [2.75, 3.05) is 4.90 Å². The maximum absolute atomic E-state index is 13.2. The Bertz CT molecular complexity index is 1230. The number of aryl methyl sites for hydroxylation is 1. The Labute approximate surface area is 184 Å². The fourth-order valence-corrected chi connectivity index (χ4v) is 5.35. The van der Waals surface area contributed by atoms with Crippen LogP contribution in [-0.4, -0.2) is 22.9 Å². The molecule has 1 saturated heterocycles. The molecular formula is C25H21NO4S. The van der Waals surface area contributed by atoms with E-state index in [2.05, 4.69) is 0 Å². The lowest BCUT2D eigenvalue weighted by Crippen LogP contribution is -2.29. The number of thiophene rings is 1. The molecule has 1 aromatic heterocycles. The van der Waals surface area contributed by atoms with Gasteiger partial charge in [-0.05, 0) is 66.8 Å². The highest BCUT2D eigenvalue weighted by atomic mass is 32.1. The van der Waals surface area contributed by atoms with Gasteiger partial charge in [-0.2, -0.15) is 0 Å². The van der Waals surface area contributed by atoms with Crippen LogP contribution in [0.2, 0.25) is 0 Å². The number of anilines is 1. The summed E-state index contributed by atoms with van der Waals surface area (Å²) in [7, 11) is 0. The second-order valence-corrected chi connectivity index (χ2v) is 8.88. The highest BCUT2D eigenvalue weighted by Crippen LogP contribution is 2.45. The summed E-state index contributed by atoms with van der Waals surface area (Å²) < 4.78 is 5.75. The number of aliphatic hydroxyl groups is 1. The summed E-state index contributed by atoms with van der Waals surface area (Å²) in [5.41, 5.74) is 3.21. The smallest absolute Gasteiger partial charge is 0.300 e. The van der Waals surface area contributed by atoms with Crippen LogP contribution < -0.4 is 9.64 Å². The molecule has 156 valence electrons. The zero-order chi connectivity index (χ0) is 21.7. The van der Waals surface area contributed by atoms with Gasteiger partial charge < -0.3 is 9.84 Å². The summed E-state index contributed by atoms with van der Waals surface area (Å²) >= 11 is 1.47. The van der Waals surface area contributed by atoms with E-state index >= 15 is 0 Å². The maximum Gasteiger partial charge on any atom is 0.300 e. The molecule has 5 nitrogen and oxygen atoms in total. The van der Waals surface area contributed by atoms with E-state index in [0.717, 1.165) is 28.2 Å². The van der Waals surface area contributed by atoms with E-state index in [1.54, 1.807) is 18.2 Å². The van der Waals surface area contributed by atoms with Crippen LogP contribution in [0.3, 0.4) is 0 Å². The summed E-state index contributed by atoms with van der Waals surface area (Å²) in [4.78, 5) is 28.6. The largest absolute Gasteiger partial charge is 0.507 e. The van der Waals surface area contributed by atoms with E-state index in [-0.39, 0.29) is 17.4 Å². The zero-order valence-electron chi connectivity index (χ0n) is 17.2. The van der Waals surface area contributed by atoms with Crippen LogP contribution in [0, 0.1) is 6.92 Å². The van der Waals surface area contributed by atoms with Crippen LogP contribution in [0.4, 0.5) is 5.69 Å². The lowest BCUT2D eigenvalue weighted by molar-refractivity contribution is -0.132. The van der Waals surface area contributed by atoms with Crippen molar-refractivity contribution in [1.82, 2.24) is 0 Å². The number of Topliss-reactive ketones (excluding diaryl/α,β-unsaturated/α-hetero) is 1. The number of carbonyl (C=O) groups excluding carboxylic acids is 2. The van der Waals surface area contributed by atoms with E-state index in [4.69, 9.17) is 4.74 Å². The number of amides is 1. The van der Waals surface area contributed by atoms with Crippen LogP contribution in [0.15, 0.2) is 65.6 Å². The fourth-order valence-electron chi connectivity index (χ4n) is 4.32. The average Bonchev–Trinajstić information content (AvgIpc) is 3.43. The Morgan fingerprint density at radius 3 is 2.61 bits per heavy atom. The molecule has 3 heterocycles. The Morgan fingerprint density at radius 1 is 1.13 bits per heavy atom. The van der Waals surface area contributed by atoms with Crippen LogP contribution in [0.1, 0.15) is 34.5 Å². The molecular weight excluding hydrogens is 410 g/mol. The van der Waals surface area contributed by atoms with Crippen molar-refractivity contribution in [1.29, 1.82) is 0 Å². The molecule has 2 aliphatic heterocycles. The molecule has 0 aliphatic carbocycles. The van der Waals surface area contributed by atoms with Gasteiger partial charge in [-0.3, -0.25) is 14.5 Å². The summed E-state index contributed by atoms with van der Waals surface area (Å²) in [5, 5.41) is 13.2. The number of carbonyl (C=O) groups is 2. The molecule has 2 aromatic carbocycles. The van der Waals surface area contributed by atoms with Gasteiger partial charge in [-0.1, -0.05) is 18.2 Å². The molecule has 2 atom stereocenters. The molecule has 3 aromatic rings.